The fraction of sp³-hybridized carbons (Fsp3) is 0.167. The smallest absolute Gasteiger partial charge is 0.131 e. The van der Waals surface area contributed by atoms with Crippen LogP contribution < -0.4 is 4.74 Å². The lowest BCUT2D eigenvalue weighted by molar-refractivity contribution is 0.439. The van der Waals surface area contributed by atoms with E-state index in [0.29, 0.717) is 0 Å². The molecule has 0 N–H and O–H groups in total. The highest BCUT2D eigenvalue weighted by Crippen LogP contribution is 2.44. The van der Waals surface area contributed by atoms with Gasteiger partial charge in [-0.25, -0.2) is 0 Å². The fourth-order valence-corrected chi connectivity index (χ4v) is 2.06. The van der Waals surface area contributed by atoms with Gasteiger partial charge < -0.3 is 9.15 Å². The molecule has 0 fully saturated rings. The van der Waals surface area contributed by atoms with E-state index in [2.05, 4.69) is 12.1 Å². The van der Waals surface area contributed by atoms with E-state index in [0.717, 1.165) is 29.4 Å². The Morgan fingerprint density at radius 1 is 1.00 bits per heavy atom. The lowest BCUT2D eigenvalue weighted by atomic mass is 10.1. The number of furan rings is 1. The molecule has 2 aromatic rings. The van der Waals surface area contributed by atoms with Crippen LogP contribution in [0.2, 0.25) is 0 Å². The summed E-state index contributed by atoms with van der Waals surface area (Å²) in [7, 11) is 0. The minimum absolute atomic E-state index is 1.01. The molecule has 0 unspecified atom stereocenters. The second-order valence-electron chi connectivity index (χ2n) is 3.94. The summed E-state index contributed by atoms with van der Waals surface area (Å²) in [5.41, 5.74) is 2.75. The van der Waals surface area contributed by atoms with E-state index in [1.165, 1.54) is 16.9 Å². The summed E-state index contributed by atoms with van der Waals surface area (Å²) in [6.45, 7) is 0. The van der Waals surface area contributed by atoms with Crippen molar-refractivity contribution < 1.29 is 9.15 Å². The summed E-state index contributed by atoms with van der Waals surface area (Å²) in [5.74, 6) is 2.19. The van der Waals surface area contributed by atoms with Gasteiger partial charge in [-0.05, 0) is 23.3 Å². The second-order valence-corrected chi connectivity index (χ2v) is 3.94. The van der Waals surface area contributed by atoms with Crippen LogP contribution in [0.4, 0.5) is 0 Å². The first kappa shape index (κ1) is 6.71. The Bertz CT molecular complexity index is 527. The fourth-order valence-electron chi connectivity index (χ4n) is 2.06. The molecule has 2 nitrogen and oxygen atoms in total. The molecule has 14 heavy (non-hydrogen) atoms. The molecule has 0 atom stereocenters. The highest BCUT2D eigenvalue weighted by Gasteiger charge is 2.30. The number of rotatable bonds is 0. The maximum Gasteiger partial charge on any atom is 0.131 e. The van der Waals surface area contributed by atoms with Crippen molar-refractivity contribution in [2.24, 2.45) is 0 Å². The Morgan fingerprint density at radius 3 is 2.79 bits per heavy atom. The van der Waals surface area contributed by atoms with Gasteiger partial charge in [0.15, 0.2) is 0 Å². The van der Waals surface area contributed by atoms with Crippen LogP contribution in [-0.4, -0.2) is 0 Å². The van der Waals surface area contributed by atoms with Crippen molar-refractivity contribution in [1.29, 1.82) is 0 Å². The summed E-state index contributed by atoms with van der Waals surface area (Å²) in [6.07, 6.45) is 5.68. The van der Waals surface area contributed by atoms with Crippen LogP contribution in [0.15, 0.2) is 40.4 Å². The van der Waals surface area contributed by atoms with Gasteiger partial charge in [-0.2, -0.15) is 0 Å². The molecule has 4 rings (SSSR count). The Labute approximate surface area is 80.8 Å². The molecule has 1 aliphatic heterocycles. The lowest BCUT2D eigenvalue weighted by Crippen LogP contribution is -1.95. The Kier molecular flexibility index (Phi) is 0.973. The van der Waals surface area contributed by atoms with Crippen molar-refractivity contribution in [2.75, 3.05) is 0 Å². The Hall–Kier alpha value is -1.70. The molecule has 0 saturated carbocycles. The van der Waals surface area contributed by atoms with Crippen molar-refractivity contribution >= 4 is 10.8 Å². The second kappa shape index (κ2) is 2.03. The summed E-state index contributed by atoms with van der Waals surface area (Å²) in [6, 6.07) is 4.23. The zero-order valence-electron chi connectivity index (χ0n) is 7.54. The van der Waals surface area contributed by atoms with Gasteiger partial charge in [-0.1, -0.05) is 0 Å². The van der Waals surface area contributed by atoms with Gasteiger partial charge in [0.2, 0.25) is 0 Å². The van der Waals surface area contributed by atoms with Crippen molar-refractivity contribution in [2.45, 2.75) is 12.8 Å². The predicted molar refractivity (Wildman–Crippen MR) is 52.2 cm³/mol. The number of ether oxygens (including phenoxy) is 1. The normalized spacial score (nSPS) is 17.7. The number of allylic oxidation sites excluding steroid dienone is 2. The molecule has 0 amide bonds. The van der Waals surface area contributed by atoms with E-state index >= 15 is 0 Å². The summed E-state index contributed by atoms with van der Waals surface area (Å²) in [4.78, 5) is 0. The Balaban J connectivity index is 2.00. The molecule has 2 aliphatic rings. The molecule has 1 aromatic carbocycles. The van der Waals surface area contributed by atoms with Gasteiger partial charge in [-0.3, -0.25) is 0 Å². The number of hydrogen-bond acceptors (Lipinski definition) is 2. The highest BCUT2D eigenvalue weighted by molar-refractivity contribution is 5.84. The number of fused-ring (bicyclic) bond motifs is 2. The predicted octanol–water partition coefficient (Wildman–Crippen LogP) is 3.03. The molecular formula is C12H8O2. The summed E-state index contributed by atoms with van der Waals surface area (Å²) in [5, 5.41) is 2.28. The third-order valence-corrected chi connectivity index (χ3v) is 2.94. The van der Waals surface area contributed by atoms with Crippen molar-refractivity contribution in [3.8, 4) is 5.75 Å². The largest absolute Gasteiger partial charge is 0.471 e. The monoisotopic (exact) mass is 184 g/mol. The molecule has 0 bridgehead atoms. The van der Waals surface area contributed by atoms with E-state index in [9.17, 15) is 0 Å². The average Bonchev–Trinajstić information content (AvgIpc) is 2.77. The molecule has 0 spiro atoms. The lowest BCUT2D eigenvalue weighted by Gasteiger charge is -2.10. The van der Waals surface area contributed by atoms with Crippen LogP contribution in [0, 0.1) is 0 Å². The van der Waals surface area contributed by atoms with Crippen LogP contribution in [0.25, 0.3) is 10.8 Å². The third kappa shape index (κ3) is 0.757. The van der Waals surface area contributed by atoms with E-state index < -0.39 is 0 Å². The molecule has 1 aliphatic carbocycles. The molecule has 2 heteroatoms. The van der Waals surface area contributed by atoms with Crippen molar-refractivity contribution in [3.63, 3.8) is 0 Å². The first-order valence-electron chi connectivity index (χ1n) is 4.78. The van der Waals surface area contributed by atoms with Crippen LogP contribution in [0.5, 0.6) is 5.75 Å². The first-order valence-corrected chi connectivity index (χ1v) is 4.78. The number of benzene rings is 1. The zero-order valence-corrected chi connectivity index (χ0v) is 7.54. The SMILES string of the molecule is c1occ2cc3c(cc12)CC1=C(C1)O3. The third-order valence-electron chi connectivity index (χ3n) is 2.94. The maximum absolute atomic E-state index is 5.72. The first-order chi connectivity index (χ1) is 6.90. The standard InChI is InChI=1S/C12H8O2/c1-7-2-9-5-13-6-10(9)4-12(7)14-11-3-8(1)11/h2,4-6H,1,3H2. The van der Waals surface area contributed by atoms with Gasteiger partial charge in [0, 0.05) is 23.6 Å². The van der Waals surface area contributed by atoms with E-state index in [1.807, 2.05) is 0 Å². The molecular weight excluding hydrogens is 176 g/mol. The van der Waals surface area contributed by atoms with Crippen molar-refractivity contribution in [1.82, 2.24) is 0 Å². The average molecular weight is 184 g/mol. The van der Waals surface area contributed by atoms with E-state index in [1.54, 1.807) is 12.5 Å². The van der Waals surface area contributed by atoms with Gasteiger partial charge in [-0.15, -0.1) is 0 Å². The van der Waals surface area contributed by atoms with Gasteiger partial charge in [0.25, 0.3) is 0 Å². The number of hydrogen-bond donors (Lipinski definition) is 0. The topological polar surface area (TPSA) is 22.4 Å². The Morgan fingerprint density at radius 2 is 1.86 bits per heavy atom. The highest BCUT2D eigenvalue weighted by atomic mass is 16.5. The molecule has 0 radical (unpaired) electrons. The van der Waals surface area contributed by atoms with Gasteiger partial charge in [0.05, 0.1) is 12.5 Å². The minimum Gasteiger partial charge on any atom is -0.471 e. The summed E-state index contributed by atoms with van der Waals surface area (Å²) >= 11 is 0. The van der Waals surface area contributed by atoms with E-state index in [-0.39, 0.29) is 0 Å². The van der Waals surface area contributed by atoms with Crippen molar-refractivity contribution in [3.05, 3.63) is 41.6 Å². The maximum atomic E-state index is 5.72. The zero-order chi connectivity index (χ0) is 9.12. The minimum atomic E-state index is 1.01. The molecule has 1 aromatic heterocycles. The quantitative estimate of drug-likeness (QED) is 0.627. The molecule has 2 heterocycles. The van der Waals surface area contributed by atoms with Gasteiger partial charge in [0.1, 0.15) is 11.5 Å². The van der Waals surface area contributed by atoms with Crippen LogP contribution >= 0.6 is 0 Å². The van der Waals surface area contributed by atoms with Crippen LogP contribution in [0.1, 0.15) is 12.0 Å². The molecule has 68 valence electrons. The van der Waals surface area contributed by atoms with Crippen LogP contribution in [-0.2, 0) is 6.42 Å². The van der Waals surface area contributed by atoms with Gasteiger partial charge >= 0.3 is 0 Å². The summed E-state index contributed by atoms with van der Waals surface area (Å²) < 4.78 is 10.9. The van der Waals surface area contributed by atoms with Crippen LogP contribution in [0.3, 0.4) is 0 Å². The molecule has 0 saturated heterocycles. The van der Waals surface area contributed by atoms with E-state index in [4.69, 9.17) is 9.15 Å².